The Hall–Kier alpha value is -2.52. The first-order valence-electron chi connectivity index (χ1n) is 5.77. The molecule has 0 aromatic heterocycles. The average molecular weight is 298 g/mol. The topological polar surface area (TPSA) is 139 Å². The number of aliphatic hydroxyl groups excluding tert-OH is 2. The second-order valence-corrected chi connectivity index (χ2v) is 4.13. The van der Waals surface area contributed by atoms with E-state index in [9.17, 15) is 29.9 Å². The first-order valence-corrected chi connectivity index (χ1v) is 5.77. The number of nitro groups is 1. The molecule has 0 bridgehead atoms. The number of amides is 1. The summed E-state index contributed by atoms with van der Waals surface area (Å²) in [4.78, 5) is 32.3. The fraction of sp³-hybridized carbons (Fsp3) is 0.333. The molecule has 0 fully saturated rings. The zero-order chi connectivity index (χ0) is 16.2. The minimum Gasteiger partial charge on any atom is -0.467 e. The number of hydrogen-bond donors (Lipinski definition) is 3. The number of aliphatic hydroxyl groups is 2. The molecule has 21 heavy (non-hydrogen) atoms. The molecule has 2 unspecified atom stereocenters. The first kappa shape index (κ1) is 16.5. The maximum Gasteiger partial charge on any atom is 0.337 e. The van der Waals surface area contributed by atoms with Crippen LogP contribution in [0.2, 0.25) is 0 Å². The molecule has 0 aliphatic rings. The molecule has 2 atom stereocenters. The number of nitrogens with zero attached hydrogens (tertiary/aromatic N) is 1. The van der Waals surface area contributed by atoms with Crippen LogP contribution in [0.3, 0.4) is 0 Å². The van der Waals surface area contributed by atoms with Gasteiger partial charge in [-0.15, -0.1) is 0 Å². The molecule has 3 N–H and O–H groups in total. The van der Waals surface area contributed by atoms with Gasteiger partial charge in [-0.25, -0.2) is 4.79 Å². The maximum absolute atomic E-state index is 11.1. The van der Waals surface area contributed by atoms with Crippen LogP contribution < -0.4 is 5.32 Å². The molecule has 0 saturated carbocycles. The SMILES string of the molecule is COC(=O)C(O)C(O)c1ccc(NC(C)=O)c([N+](=O)[O-])c1. The van der Waals surface area contributed by atoms with Crippen LogP contribution in [0.4, 0.5) is 11.4 Å². The molecular formula is C12H14N2O7. The standard InChI is InChI=1S/C12H14N2O7/c1-6(15)13-8-4-3-7(5-9(8)14(19)20)10(16)11(17)12(18)21-2/h3-5,10-11,16-17H,1-2H3,(H,13,15). The van der Waals surface area contributed by atoms with Crippen molar-refractivity contribution in [2.24, 2.45) is 0 Å². The number of nitrogens with one attached hydrogen (secondary N) is 1. The van der Waals surface area contributed by atoms with Gasteiger partial charge < -0.3 is 20.3 Å². The molecule has 9 nitrogen and oxygen atoms in total. The van der Waals surface area contributed by atoms with Gasteiger partial charge in [0.2, 0.25) is 5.91 Å². The summed E-state index contributed by atoms with van der Waals surface area (Å²) in [5.41, 5.74) is -0.594. The highest BCUT2D eigenvalue weighted by Crippen LogP contribution is 2.29. The van der Waals surface area contributed by atoms with E-state index in [1.807, 2.05) is 0 Å². The molecule has 0 saturated heterocycles. The second-order valence-electron chi connectivity index (χ2n) is 4.13. The molecule has 1 aromatic carbocycles. The van der Waals surface area contributed by atoms with Crippen LogP contribution in [-0.4, -0.2) is 40.2 Å². The third kappa shape index (κ3) is 3.97. The zero-order valence-corrected chi connectivity index (χ0v) is 11.3. The highest BCUT2D eigenvalue weighted by Gasteiger charge is 2.28. The lowest BCUT2D eigenvalue weighted by Gasteiger charge is -2.16. The number of carbonyl (C=O) groups is 2. The molecule has 114 valence electrons. The number of esters is 1. The maximum atomic E-state index is 11.1. The Balaban J connectivity index is 3.16. The van der Waals surface area contributed by atoms with E-state index in [2.05, 4.69) is 10.1 Å². The van der Waals surface area contributed by atoms with E-state index in [1.54, 1.807) is 0 Å². The van der Waals surface area contributed by atoms with E-state index in [-0.39, 0.29) is 11.3 Å². The summed E-state index contributed by atoms with van der Waals surface area (Å²) in [6.07, 6.45) is -3.57. The predicted octanol–water partition coefficient (Wildman–Crippen LogP) is 0.121. The van der Waals surface area contributed by atoms with Crippen molar-refractivity contribution in [3.8, 4) is 0 Å². The van der Waals surface area contributed by atoms with E-state index in [0.717, 1.165) is 13.2 Å². The van der Waals surface area contributed by atoms with Crippen molar-refractivity contribution in [3.05, 3.63) is 33.9 Å². The van der Waals surface area contributed by atoms with Crippen molar-refractivity contribution in [1.82, 2.24) is 0 Å². The number of benzene rings is 1. The lowest BCUT2D eigenvalue weighted by Crippen LogP contribution is -2.29. The van der Waals surface area contributed by atoms with Crippen LogP contribution in [0.5, 0.6) is 0 Å². The lowest BCUT2D eigenvalue weighted by atomic mass is 10.0. The Morgan fingerprint density at radius 1 is 1.38 bits per heavy atom. The van der Waals surface area contributed by atoms with Gasteiger partial charge in [-0.05, 0) is 11.6 Å². The minimum absolute atomic E-state index is 0.0593. The molecule has 1 aromatic rings. The first-order chi connectivity index (χ1) is 9.77. The molecule has 0 aliphatic heterocycles. The summed E-state index contributed by atoms with van der Waals surface area (Å²) < 4.78 is 4.27. The van der Waals surface area contributed by atoms with Gasteiger partial charge in [-0.2, -0.15) is 0 Å². The normalized spacial score (nSPS) is 13.1. The highest BCUT2D eigenvalue weighted by atomic mass is 16.6. The van der Waals surface area contributed by atoms with Crippen LogP contribution in [0, 0.1) is 10.1 Å². The summed E-state index contributed by atoms with van der Waals surface area (Å²) in [6.45, 7) is 1.19. The van der Waals surface area contributed by atoms with Gasteiger partial charge in [0.1, 0.15) is 11.8 Å². The Kier molecular flexibility index (Phi) is 5.33. The number of methoxy groups -OCH3 is 1. The van der Waals surface area contributed by atoms with Crippen molar-refractivity contribution in [3.63, 3.8) is 0 Å². The summed E-state index contributed by atoms with van der Waals surface area (Å²) in [7, 11) is 1.03. The summed E-state index contributed by atoms with van der Waals surface area (Å²) in [6, 6.07) is 3.40. The average Bonchev–Trinajstić information content (AvgIpc) is 2.44. The predicted molar refractivity (Wildman–Crippen MR) is 70.4 cm³/mol. The van der Waals surface area contributed by atoms with Crippen molar-refractivity contribution in [2.45, 2.75) is 19.1 Å². The number of ether oxygens (including phenoxy) is 1. The lowest BCUT2D eigenvalue weighted by molar-refractivity contribution is -0.384. The van der Waals surface area contributed by atoms with Crippen LogP contribution >= 0.6 is 0 Å². The van der Waals surface area contributed by atoms with Gasteiger partial charge in [0, 0.05) is 13.0 Å². The number of carbonyl (C=O) groups excluding carboxylic acids is 2. The van der Waals surface area contributed by atoms with E-state index >= 15 is 0 Å². The van der Waals surface area contributed by atoms with Gasteiger partial charge in [-0.3, -0.25) is 14.9 Å². The van der Waals surface area contributed by atoms with Gasteiger partial charge in [0.15, 0.2) is 6.10 Å². The van der Waals surface area contributed by atoms with Crippen LogP contribution in [0.15, 0.2) is 18.2 Å². The largest absolute Gasteiger partial charge is 0.467 e. The quantitative estimate of drug-likeness (QED) is 0.398. The highest BCUT2D eigenvalue weighted by molar-refractivity contribution is 5.91. The Labute approximate surface area is 119 Å². The van der Waals surface area contributed by atoms with Gasteiger partial charge in [0.05, 0.1) is 12.0 Å². The van der Waals surface area contributed by atoms with E-state index in [1.165, 1.54) is 19.1 Å². The number of rotatable bonds is 5. The Morgan fingerprint density at radius 2 is 2.00 bits per heavy atom. The van der Waals surface area contributed by atoms with Crippen molar-refractivity contribution < 1.29 is 29.5 Å². The Bertz CT molecular complexity index is 573. The van der Waals surface area contributed by atoms with E-state index in [4.69, 9.17) is 0 Å². The Morgan fingerprint density at radius 3 is 2.48 bits per heavy atom. The van der Waals surface area contributed by atoms with Gasteiger partial charge in [0.25, 0.3) is 5.69 Å². The zero-order valence-electron chi connectivity index (χ0n) is 11.3. The fourth-order valence-electron chi connectivity index (χ4n) is 1.61. The fourth-order valence-corrected chi connectivity index (χ4v) is 1.61. The second kappa shape index (κ2) is 6.77. The third-order valence-electron chi connectivity index (χ3n) is 2.61. The molecule has 0 aliphatic carbocycles. The summed E-state index contributed by atoms with van der Waals surface area (Å²) in [5.74, 6) is -1.57. The van der Waals surface area contributed by atoms with E-state index < -0.39 is 34.7 Å². The molecule has 0 heterocycles. The summed E-state index contributed by atoms with van der Waals surface area (Å²) in [5, 5.41) is 32.6. The van der Waals surface area contributed by atoms with Crippen LogP contribution in [0.1, 0.15) is 18.6 Å². The number of anilines is 1. The van der Waals surface area contributed by atoms with Crippen molar-refractivity contribution in [1.29, 1.82) is 0 Å². The van der Waals surface area contributed by atoms with Crippen molar-refractivity contribution in [2.75, 3.05) is 12.4 Å². The molecule has 0 radical (unpaired) electrons. The molecule has 0 spiro atoms. The number of nitro benzene ring substituents is 1. The van der Waals surface area contributed by atoms with Crippen LogP contribution in [-0.2, 0) is 14.3 Å². The smallest absolute Gasteiger partial charge is 0.337 e. The van der Waals surface area contributed by atoms with Crippen molar-refractivity contribution >= 4 is 23.3 Å². The number of hydrogen-bond acceptors (Lipinski definition) is 7. The molecule has 9 heteroatoms. The van der Waals surface area contributed by atoms with Gasteiger partial charge >= 0.3 is 5.97 Å². The van der Waals surface area contributed by atoms with E-state index in [0.29, 0.717) is 0 Å². The minimum atomic E-state index is -1.87. The molecular weight excluding hydrogens is 284 g/mol. The summed E-state index contributed by atoms with van der Waals surface area (Å²) >= 11 is 0. The van der Waals surface area contributed by atoms with Gasteiger partial charge in [-0.1, -0.05) is 6.07 Å². The molecule has 1 rings (SSSR count). The monoisotopic (exact) mass is 298 g/mol. The van der Waals surface area contributed by atoms with Crippen LogP contribution in [0.25, 0.3) is 0 Å². The third-order valence-corrected chi connectivity index (χ3v) is 2.61. The molecule has 1 amide bonds.